The van der Waals surface area contributed by atoms with Crippen LogP contribution < -0.4 is 0 Å². The number of aliphatic hydroxyl groups excluding tert-OH is 1. The molecule has 1 unspecified atom stereocenters. The molecule has 1 heterocycles. The van der Waals surface area contributed by atoms with Crippen LogP contribution in [-0.4, -0.2) is 46.9 Å². The van der Waals surface area contributed by atoms with E-state index in [0.29, 0.717) is 5.56 Å². The number of hydrogen-bond donors (Lipinski definition) is 2. The Balaban J connectivity index is 2.18. The van der Waals surface area contributed by atoms with Crippen LogP contribution in [0.3, 0.4) is 0 Å². The molecule has 0 radical (unpaired) electrons. The van der Waals surface area contributed by atoms with Crippen LogP contribution in [0.1, 0.15) is 43.1 Å². The first-order chi connectivity index (χ1) is 12.1. The minimum atomic E-state index is -1.33. The van der Waals surface area contributed by atoms with Crippen LogP contribution in [0.4, 0.5) is 0 Å². The van der Waals surface area contributed by atoms with Crippen LogP contribution in [-0.2, 0) is 19.1 Å². The van der Waals surface area contributed by atoms with Gasteiger partial charge in [-0.15, -0.1) is 0 Å². The van der Waals surface area contributed by atoms with Gasteiger partial charge in [0.2, 0.25) is 0 Å². The third-order valence-electron chi connectivity index (χ3n) is 3.93. The lowest BCUT2D eigenvalue weighted by molar-refractivity contribution is -0.171. The second-order valence-electron chi connectivity index (χ2n) is 7.33. The number of rotatable bonds is 5. The molecule has 0 bridgehead atoms. The van der Waals surface area contributed by atoms with E-state index in [1.165, 1.54) is 18.2 Å². The Hall–Kier alpha value is -2.67. The van der Waals surface area contributed by atoms with E-state index in [2.05, 4.69) is 0 Å². The Morgan fingerprint density at radius 2 is 2.04 bits per heavy atom. The van der Waals surface area contributed by atoms with Gasteiger partial charge in [-0.3, -0.25) is 4.79 Å². The number of carboxylic acid groups (broad SMARTS) is 1. The highest BCUT2D eigenvalue weighted by molar-refractivity contribution is 5.97. The maximum Gasteiger partial charge on any atom is 0.335 e. The number of aliphatic hydroxyl groups is 1. The molecule has 1 saturated heterocycles. The summed E-state index contributed by atoms with van der Waals surface area (Å²) in [4.78, 5) is 35.1. The lowest BCUT2D eigenvalue weighted by Gasteiger charge is -2.26. The predicted molar refractivity (Wildman–Crippen MR) is 92.3 cm³/mol. The number of aromatic carboxylic acids is 1. The van der Waals surface area contributed by atoms with Gasteiger partial charge in [-0.1, -0.05) is 12.1 Å². The highest BCUT2D eigenvalue weighted by Gasteiger charge is 2.45. The fourth-order valence-corrected chi connectivity index (χ4v) is 2.42. The molecule has 2 N–H and O–H groups in total. The van der Waals surface area contributed by atoms with E-state index in [1.807, 2.05) is 0 Å². The maximum atomic E-state index is 12.2. The normalized spacial score (nSPS) is 21.5. The van der Waals surface area contributed by atoms with Crippen LogP contribution in [0.25, 0.3) is 6.08 Å². The van der Waals surface area contributed by atoms with Gasteiger partial charge in [-0.25, -0.2) is 9.59 Å². The van der Waals surface area contributed by atoms with E-state index in [1.54, 1.807) is 32.9 Å². The van der Waals surface area contributed by atoms with Gasteiger partial charge in [0.05, 0.1) is 17.6 Å². The van der Waals surface area contributed by atoms with E-state index in [0.717, 1.165) is 0 Å². The summed E-state index contributed by atoms with van der Waals surface area (Å²) < 4.78 is 10.5. The highest BCUT2D eigenvalue weighted by Crippen LogP contribution is 2.33. The monoisotopic (exact) mass is 362 g/mol. The lowest BCUT2D eigenvalue weighted by atomic mass is 9.96. The average Bonchev–Trinajstić information content (AvgIpc) is 2.88. The molecule has 1 aliphatic heterocycles. The van der Waals surface area contributed by atoms with Gasteiger partial charge in [-0.2, -0.15) is 0 Å². The van der Waals surface area contributed by atoms with Crippen molar-refractivity contribution in [1.29, 1.82) is 0 Å². The van der Waals surface area contributed by atoms with Gasteiger partial charge in [0.25, 0.3) is 0 Å². The first-order valence-corrected chi connectivity index (χ1v) is 8.12. The van der Waals surface area contributed by atoms with Crippen molar-refractivity contribution in [3.63, 3.8) is 0 Å². The molecule has 140 valence electrons. The molecule has 0 aromatic heterocycles. The standard InChI is InChI=1S/C19H22O7/c1-18(2,3)17(24)25-11-19(10-20)9-14(16(23)26-19)8-12-5-4-6-13(7-12)15(21)22/h4-8,20H,9-11H2,1-3H3,(H,21,22)/b14-8+. The summed E-state index contributed by atoms with van der Waals surface area (Å²) in [6, 6.07) is 6.11. The molecule has 2 rings (SSSR count). The zero-order valence-electron chi connectivity index (χ0n) is 14.9. The van der Waals surface area contributed by atoms with E-state index in [9.17, 15) is 19.5 Å². The van der Waals surface area contributed by atoms with E-state index < -0.39 is 35.5 Å². The molecule has 7 heteroatoms. The number of benzene rings is 1. The van der Waals surface area contributed by atoms with Gasteiger partial charge >= 0.3 is 17.9 Å². The lowest BCUT2D eigenvalue weighted by Crippen LogP contribution is -2.40. The highest BCUT2D eigenvalue weighted by atomic mass is 16.6. The zero-order valence-corrected chi connectivity index (χ0v) is 14.9. The Morgan fingerprint density at radius 1 is 1.35 bits per heavy atom. The summed E-state index contributed by atoms with van der Waals surface area (Å²) in [6.45, 7) is 4.34. The SMILES string of the molecule is CC(C)(C)C(=O)OCC1(CO)C/C(=C\c2cccc(C(=O)O)c2)C(=O)O1. The number of cyclic esters (lactones) is 1. The smallest absolute Gasteiger partial charge is 0.335 e. The Morgan fingerprint density at radius 3 is 2.62 bits per heavy atom. The third-order valence-corrected chi connectivity index (χ3v) is 3.93. The van der Waals surface area contributed by atoms with Gasteiger partial charge in [-0.05, 0) is 44.5 Å². The molecule has 1 aromatic carbocycles. The molecule has 1 atom stereocenters. The fraction of sp³-hybridized carbons (Fsp3) is 0.421. The summed E-state index contributed by atoms with van der Waals surface area (Å²) in [6.07, 6.45) is 1.56. The average molecular weight is 362 g/mol. The molecule has 0 spiro atoms. The third kappa shape index (κ3) is 4.49. The van der Waals surface area contributed by atoms with Gasteiger partial charge in [0.15, 0.2) is 5.60 Å². The number of ether oxygens (including phenoxy) is 2. The molecule has 1 aromatic rings. The number of esters is 2. The van der Waals surface area contributed by atoms with Crippen molar-refractivity contribution in [2.24, 2.45) is 5.41 Å². The van der Waals surface area contributed by atoms with Crippen molar-refractivity contribution < 1.29 is 34.1 Å². The van der Waals surface area contributed by atoms with E-state index >= 15 is 0 Å². The van der Waals surface area contributed by atoms with Crippen LogP contribution >= 0.6 is 0 Å². The number of carbonyl (C=O) groups is 3. The second-order valence-corrected chi connectivity index (χ2v) is 7.33. The second kappa shape index (κ2) is 7.29. The van der Waals surface area contributed by atoms with Crippen LogP contribution in [0.5, 0.6) is 0 Å². The molecule has 0 saturated carbocycles. The summed E-state index contributed by atoms with van der Waals surface area (Å²) >= 11 is 0. The van der Waals surface area contributed by atoms with Crippen LogP contribution in [0.15, 0.2) is 29.8 Å². The van der Waals surface area contributed by atoms with Crippen molar-refractivity contribution in [2.45, 2.75) is 32.8 Å². The molecule has 0 amide bonds. The van der Waals surface area contributed by atoms with Crippen LogP contribution in [0, 0.1) is 5.41 Å². The number of carboxylic acids is 1. The van der Waals surface area contributed by atoms with Crippen molar-refractivity contribution in [2.75, 3.05) is 13.2 Å². The number of carbonyl (C=O) groups excluding carboxylic acids is 2. The van der Waals surface area contributed by atoms with E-state index in [-0.39, 0.29) is 24.2 Å². The van der Waals surface area contributed by atoms with Gasteiger partial charge < -0.3 is 19.7 Å². The van der Waals surface area contributed by atoms with Crippen molar-refractivity contribution >= 4 is 24.0 Å². The molecule has 1 aliphatic rings. The first kappa shape index (κ1) is 19.7. The minimum absolute atomic E-state index is 0.0526. The Bertz CT molecular complexity index is 757. The molecular formula is C19H22O7. The molecule has 1 fully saturated rings. The minimum Gasteiger partial charge on any atom is -0.478 e. The predicted octanol–water partition coefficient (Wildman–Crippen LogP) is 2.04. The Labute approximate surface area is 151 Å². The van der Waals surface area contributed by atoms with Crippen LogP contribution in [0.2, 0.25) is 0 Å². The van der Waals surface area contributed by atoms with Crippen molar-refractivity contribution in [1.82, 2.24) is 0 Å². The topological polar surface area (TPSA) is 110 Å². The number of hydrogen-bond acceptors (Lipinski definition) is 6. The summed E-state index contributed by atoms with van der Waals surface area (Å²) in [5.74, 6) is -2.17. The largest absolute Gasteiger partial charge is 0.478 e. The Kier molecular flexibility index (Phi) is 5.51. The zero-order chi connectivity index (χ0) is 19.5. The van der Waals surface area contributed by atoms with Crippen molar-refractivity contribution in [3.8, 4) is 0 Å². The molecule has 7 nitrogen and oxygen atoms in total. The van der Waals surface area contributed by atoms with Gasteiger partial charge in [0, 0.05) is 12.0 Å². The molecular weight excluding hydrogens is 340 g/mol. The first-order valence-electron chi connectivity index (χ1n) is 8.12. The fourth-order valence-electron chi connectivity index (χ4n) is 2.42. The summed E-state index contributed by atoms with van der Waals surface area (Å²) in [7, 11) is 0. The van der Waals surface area contributed by atoms with Crippen molar-refractivity contribution in [3.05, 3.63) is 41.0 Å². The molecule has 0 aliphatic carbocycles. The maximum absolute atomic E-state index is 12.2. The summed E-state index contributed by atoms with van der Waals surface area (Å²) in [5, 5.41) is 18.7. The quantitative estimate of drug-likeness (QED) is 0.609. The van der Waals surface area contributed by atoms with E-state index in [4.69, 9.17) is 14.6 Å². The van der Waals surface area contributed by atoms with Gasteiger partial charge in [0.1, 0.15) is 6.61 Å². The molecule has 26 heavy (non-hydrogen) atoms. The summed E-state index contributed by atoms with van der Waals surface area (Å²) in [5.41, 5.74) is -1.15.